The van der Waals surface area contributed by atoms with Crippen molar-refractivity contribution in [1.29, 1.82) is 0 Å². The second kappa shape index (κ2) is 8.89. The van der Waals surface area contributed by atoms with E-state index in [1.165, 1.54) is 18.2 Å². The quantitative estimate of drug-likeness (QED) is 0.543. The van der Waals surface area contributed by atoms with E-state index >= 15 is 0 Å². The molecule has 0 aromatic heterocycles. The molecule has 1 amide bonds. The molecule has 1 rings (SSSR count). The second-order valence-corrected chi connectivity index (χ2v) is 4.80. The Morgan fingerprint density at radius 1 is 1.33 bits per heavy atom. The topological polar surface area (TPSA) is 66.4 Å². The maximum Gasteiger partial charge on any atom is 0.326 e. The number of rotatable bonds is 9. The summed E-state index contributed by atoms with van der Waals surface area (Å²) < 4.78 is 13.0. The van der Waals surface area contributed by atoms with Crippen LogP contribution in [0.15, 0.2) is 36.9 Å². The molecule has 21 heavy (non-hydrogen) atoms. The summed E-state index contributed by atoms with van der Waals surface area (Å²) in [6, 6.07) is 4.21. The summed E-state index contributed by atoms with van der Waals surface area (Å²) in [5.41, 5.74) is 0.118. The zero-order valence-electron chi connectivity index (χ0n) is 11.8. The van der Waals surface area contributed by atoms with E-state index in [2.05, 4.69) is 11.9 Å². The van der Waals surface area contributed by atoms with Crippen LogP contribution in [0.25, 0.3) is 0 Å². The summed E-state index contributed by atoms with van der Waals surface area (Å²) in [5.74, 6) is -2.18. The van der Waals surface area contributed by atoms with Crippen molar-refractivity contribution in [3.63, 3.8) is 0 Å². The number of allylic oxidation sites excluding steroid dienone is 1. The Kier molecular flexibility index (Phi) is 7.15. The fraction of sp³-hybridized carbons (Fsp3) is 0.375. The average molecular weight is 293 g/mol. The Balaban J connectivity index is 2.52. The van der Waals surface area contributed by atoms with Crippen molar-refractivity contribution in [2.45, 2.75) is 38.1 Å². The minimum absolute atomic E-state index is 0.118. The van der Waals surface area contributed by atoms with E-state index in [1.807, 2.05) is 6.08 Å². The minimum Gasteiger partial charge on any atom is -0.480 e. The fourth-order valence-electron chi connectivity index (χ4n) is 1.94. The van der Waals surface area contributed by atoms with Gasteiger partial charge < -0.3 is 10.4 Å². The van der Waals surface area contributed by atoms with E-state index in [1.54, 1.807) is 0 Å². The summed E-state index contributed by atoms with van der Waals surface area (Å²) in [7, 11) is 0. The highest BCUT2D eigenvalue weighted by atomic mass is 19.1. The zero-order chi connectivity index (χ0) is 15.7. The summed E-state index contributed by atoms with van der Waals surface area (Å²) in [6.45, 7) is 3.62. The van der Waals surface area contributed by atoms with Gasteiger partial charge >= 0.3 is 5.97 Å². The SMILES string of the molecule is C=CCCCCC[C@H](NC(=O)c1cccc(F)c1)C(=O)O. The molecule has 0 aliphatic carbocycles. The summed E-state index contributed by atoms with van der Waals surface area (Å²) in [5, 5.41) is 11.5. The predicted molar refractivity (Wildman–Crippen MR) is 78.6 cm³/mol. The van der Waals surface area contributed by atoms with Crippen LogP contribution < -0.4 is 5.32 Å². The lowest BCUT2D eigenvalue weighted by Crippen LogP contribution is -2.40. The number of nitrogens with one attached hydrogen (secondary N) is 1. The largest absolute Gasteiger partial charge is 0.480 e. The number of unbranched alkanes of at least 4 members (excludes halogenated alkanes) is 3. The fourth-order valence-corrected chi connectivity index (χ4v) is 1.94. The highest BCUT2D eigenvalue weighted by Crippen LogP contribution is 2.08. The summed E-state index contributed by atoms with van der Waals surface area (Å²) >= 11 is 0. The molecule has 0 radical (unpaired) electrons. The van der Waals surface area contributed by atoms with Crippen LogP contribution >= 0.6 is 0 Å². The number of benzene rings is 1. The first-order chi connectivity index (χ1) is 10.0. The van der Waals surface area contributed by atoms with Crippen molar-refractivity contribution < 1.29 is 19.1 Å². The van der Waals surface area contributed by atoms with Crippen molar-refractivity contribution in [3.05, 3.63) is 48.3 Å². The molecule has 0 saturated heterocycles. The van der Waals surface area contributed by atoms with Crippen molar-refractivity contribution in [2.24, 2.45) is 0 Å². The van der Waals surface area contributed by atoms with Crippen molar-refractivity contribution in [1.82, 2.24) is 5.32 Å². The van der Waals surface area contributed by atoms with Gasteiger partial charge in [0.15, 0.2) is 0 Å². The van der Waals surface area contributed by atoms with E-state index in [4.69, 9.17) is 5.11 Å². The minimum atomic E-state index is -1.08. The first-order valence-corrected chi connectivity index (χ1v) is 6.94. The number of aliphatic carboxylic acids is 1. The average Bonchev–Trinajstić information content (AvgIpc) is 2.45. The van der Waals surface area contributed by atoms with Gasteiger partial charge in [0.1, 0.15) is 11.9 Å². The molecule has 0 heterocycles. The molecular formula is C16H20FNO3. The first kappa shape index (κ1) is 16.9. The van der Waals surface area contributed by atoms with Crippen molar-refractivity contribution in [3.8, 4) is 0 Å². The molecule has 0 aliphatic heterocycles. The molecule has 4 nitrogen and oxygen atoms in total. The molecule has 0 saturated carbocycles. The number of hydrogen-bond acceptors (Lipinski definition) is 2. The van der Waals surface area contributed by atoms with Gasteiger partial charge in [0.2, 0.25) is 0 Å². The Bertz CT molecular complexity index is 502. The Morgan fingerprint density at radius 3 is 2.71 bits per heavy atom. The van der Waals surface area contributed by atoms with Gasteiger partial charge in [-0.2, -0.15) is 0 Å². The van der Waals surface area contributed by atoms with Crippen LogP contribution in [0, 0.1) is 5.82 Å². The van der Waals surface area contributed by atoms with Gasteiger partial charge in [-0.3, -0.25) is 4.79 Å². The Labute approximate surface area is 123 Å². The van der Waals surface area contributed by atoms with Gasteiger partial charge in [-0.15, -0.1) is 6.58 Å². The Hall–Kier alpha value is -2.17. The van der Waals surface area contributed by atoms with Crippen LogP contribution in [0.2, 0.25) is 0 Å². The monoisotopic (exact) mass is 293 g/mol. The molecule has 1 atom stereocenters. The molecular weight excluding hydrogens is 273 g/mol. The second-order valence-electron chi connectivity index (χ2n) is 4.80. The lowest BCUT2D eigenvalue weighted by atomic mass is 10.1. The van der Waals surface area contributed by atoms with Crippen molar-refractivity contribution >= 4 is 11.9 Å². The molecule has 1 aromatic rings. The van der Waals surface area contributed by atoms with Gasteiger partial charge in [0.25, 0.3) is 5.91 Å². The predicted octanol–water partition coefficient (Wildman–Crippen LogP) is 3.15. The highest BCUT2D eigenvalue weighted by Gasteiger charge is 2.20. The molecule has 0 spiro atoms. The molecule has 114 valence electrons. The lowest BCUT2D eigenvalue weighted by Gasteiger charge is -2.14. The van der Waals surface area contributed by atoms with Crippen LogP contribution in [0.1, 0.15) is 42.5 Å². The number of hydrogen-bond donors (Lipinski definition) is 2. The third-order valence-electron chi connectivity index (χ3n) is 3.09. The normalized spacial score (nSPS) is 11.7. The van der Waals surface area contributed by atoms with Crippen LogP contribution in [0.5, 0.6) is 0 Å². The van der Waals surface area contributed by atoms with Gasteiger partial charge in [0, 0.05) is 5.56 Å². The number of carboxylic acids is 1. The molecule has 5 heteroatoms. The number of carbonyl (C=O) groups is 2. The van der Waals surface area contributed by atoms with Gasteiger partial charge in [-0.25, -0.2) is 9.18 Å². The van der Waals surface area contributed by atoms with Gasteiger partial charge in [-0.1, -0.05) is 25.0 Å². The van der Waals surface area contributed by atoms with Gasteiger partial charge in [-0.05, 0) is 37.5 Å². The van der Waals surface area contributed by atoms with Crippen LogP contribution in [0.3, 0.4) is 0 Å². The number of carboxylic acid groups (broad SMARTS) is 1. The van der Waals surface area contributed by atoms with E-state index in [9.17, 15) is 14.0 Å². The maximum absolute atomic E-state index is 13.0. The zero-order valence-corrected chi connectivity index (χ0v) is 11.8. The smallest absolute Gasteiger partial charge is 0.326 e. The molecule has 0 unspecified atom stereocenters. The molecule has 0 fully saturated rings. The number of halogens is 1. The van der Waals surface area contributed by atoms with E-state index in [0.717, 1.165) is 25.3 Å². The number of amides is 1. The molecule has 1 aromatic carbocycles. The van der Waals surface area contributed by atoms with E-state index in [0.29, 0.717) is 12.8 Å². The van der Waals surface area contributed by atoms with E-state index in [-0.39, 0.29) is 5.56 Å². The molecule has 0 bridgehead atoms. The van der Waals surface area contributed by atoms with Crippen LogP contribution in [0.4, 0.5) is 4.39 Å². The molecule has 2 N–H and O–H groups in total. The number of carbonyl (C=O) groups excluding carboxylic acids is 1. The Morgan fingerprint density at radius 2 is 2.10 bits per heavy atom. The first-order valence-electron chi connectivity index (χ1n) is 6.94. The van der Waals surface area contributed by atoms with Gasteiger partial charge in [0.05, 0.1) is 0 Å². The van der Waals surface area contributed by atoms with Crippen LogP contribution in [-0.2, 0) is 4.79 Å². The lowest BCUT2D eigenvalue weighted by molar-refractivity contribution is -0.139. The summed E-state index contributed by atoms with van der Waals surface area (Å²) in [6.07, 6.45) is 5.61. The third-order valence-corrected chi connectivity index (χ3v) is 3.09. The third kappa shape index (κ3) is 6.21. The summed E-state index contributed by atoms with van der Waals surface area (Å²) in [4.78, 5) is 23.0. The van der Waals surface area contributed by atoms with E-state index < -0.39 is 23.7 Å². The van der Waals surface area contributed by atoms with Crippen LogP contribution in [-0.4, -0.2) is 23.0 Å². The maximum atomic E-state index is 13.0. The molecule has 0 aliphatic rings. The highest BCUT2D eigenvalue weighted by molar-refractivity contribution is 5.96. The standard InChI is InChI=1S/C16H20FNO3/c1-2-3-4-5-6-10-14(16(20)21)18-15(19)12-8-7-9-13(17)11-12/h2,7-9,11,14H,1,3-6,10H2,(H,18,19)(H,20,21)/t14-/m0/s1. The van der Waals surface area contributed by atoms with Crippen molar-refractivity contribution in [2.75, 3.05) is 0 Å².